The maximum absolute atomic E-state index is 4.12. The molecule has 0 saturated carbocycles. The largest absolute Gasteiger partial charge is 0.334 e. The number of rotatable bonds is 2. The maximum Gasteiger partial charge on any atom is 0.0948 e. The van der Waals surface area contributed by atoms with Gasteiger partial charge in [0, 0.05) is 12.6 Å². The van der Waals surface area contributed by atoms with Crippen LogP contribution in [0.4, 0.5) is 0 Å². The third-order valence-corrected chi connectivity index (χ3v) is 2.45. The zero-order chi connectivity index (χ0) is 9.97. The van der Waals surface area contributed by atoms with Crippen LogP contribution in [0.25, 0.3) is 11.3 Å². The van der Waals surface area contributed by atoms with Gasteiger partial charge in [-0.25, -0.2) is 4.98 Å². The molecule has 0 aliphatic heterocycles. The molecule has 0 radical (unpaired) electrons. The first kappa shape index (κ1) is 9.00. The van der Waals surface area contributed by atoms with Gasteiger partial charge in [0.15, 0.2) is 0 Å². The third kappa shape index (κ3) is 1.55. The predicted octanol–water partition coefficient (Wildman–Crippen LogP) is 2.65. The molecule has 2 nitrogen and oxygen atoms in total. The Morgan fingerprint density at radius 2 is 2.21 bits per heavy atom. The van der Waals surface area contributed by atoms with Crippen LogP contribution >= 0.6 is 0 Å². The van der Waals surface area contributed by atoms with Crippen LogP contribution < -0.4 is 0 Å². The highest BCUT2D eigenvalue weighted by Crippen LogP contribution is 2.19. The van der Waals surface area contributed by atoms with Crippen LogP contribution in [0, 0.1) is 0 Å². The van der Waals surface area contributed by atoms with E-state index in [4.69, 9.17) is 0 Å². The number of hydrogen-bond acceptors (Lipinski definition) is 1. The van der Waals surface area contributed by atoms with Crippen LogP contribution in [-0.2, 0) is 13.5 Å². The number of aromatic nitrogens is 2. The first-order valence-corrected chi connectivity index (χ1v) is 4.87. The monoisotopic (exact) mass is 186 g/mol. The number of imidazole rings is 1. The van der Waals surface area contributed by atoms with E-state index in [1.807, 2.05) is 24.1 Å². The van der Waals surface area contributed by atoms with Crippen molar-refractivity contribution >= 4 is 0 Å². The van der Waals surface area contributed by atoms with Crippen LogP contribution in [0.5, 0.6) is 0 Å². The van der Waals surface area contributed by atoms with E-state index in [-0.39, 0.29) is 0 Å². The summed E-state index contributed by atoms with van der Waals surface area (Å²) < 4.78 is 2.04. The lowest BCUT2D eigenvalue weighted by Crippen LogP contribution is -1.90. The van der Waals surface area contributed by atoms with Crippen molar-refractivity contribution in [1.82, 2.24) is 9.55 Å². The summed E-state index contributed by atoms with van der Waals surface area (Å²) >= 11 is 0. The predicted molar refractivity (Wildman–Crippen MR) is 58.0 cm³/mol. The van der Waals surface area contributed by atoms with E-state index in [0.717, 1.165) is 6.42 Å². The summed E-state index contributed by atoms with van der Waals surface area (Å²) in [5.41, 5.74) is 3.77. The highest BCUT2D eigenvalue weighted by Gasteiger charge is 2.01. The van der Waals surface area contributed by atoms with Gasteiger partial charge in [0.25, 0.3) is 0 Å². The second-order valence-electron chi connectivity index (χ2n) is 3.44. The summed E-state index contributed by atoms with van der Waals surface area (Å²) in [6, 6.07) is 8.59. The molecule has 0 atom stereocenters. The lowest BCUT2D eigenvalue weighted by Gasteiger charge is -2.03. The second-order valence-corrected chi connectivity index (χ2v) is 3.44. The van der Waals surface area contributed by atoms with Gasteiger partial charge in [-0.2, -0.15) is 0 Å². The van der Waals surface area contributed by atoms with Gasteiger partial charge in [0.2, 0.25) is 0 Å². The van der Waals surface area contributed by atoms with E-state index < -0.39 is 0 Å². The Balaban J connectivity index is 2.47. The molecule has 0 unspecified atom stereocenters. The minimum Gasteiger partial charge on any atom is -0.334 e. The normalized spacial score (nSPS) is 10.4. The van der Waals surface area contributed by atoms with Crippen LogP contribution in [0.1, 0.15) is 12.5 Å². The quantitative estimate of drug-likeness (QED) is 0.705. The molecule has 0 N–H and O–H groups in total. The highest BCUT2D eigenvalue weighted by molar-refractivity contribution is 5.59. The van der Waals surface area contributed by atoms with Crippen molar-refractivity contribution in [3.63, 3.8) is 0 Å². The fraction of sp³-hybridized carbons (Fsp3) is 0.250. The summed E-state index contributed by atoms with van der Waals surface area (Å²) in [5, 5.41) is 0. The topological polar surface area (TPSA) is 17.8 Å². The molecule has 0 amide bonds. The highest BCUT2D eigenvalue weighted by atomic mass is 15.0. The van der Waals surface area contributed by atoms with Crippen molar-refractivity contribution in [1.29, 1.82) is 0 Å². The summed E-state index contributed by atoms with van der Waals surface area (Å²) in [5.74, 6) is 0. The fourth-order valence-corrected chi connectivity index (χ4v) is 1.59. The van der Waals surface area contributed by atoms with Gasteiger partial charge < -0.3 is 4.57 Å². The van der Waals surface area contributed by atoms with Gasteiger partial charge in [-0.1, -0.05) is 25.1 Å². The number of nitrogens with zero attached hydrogens (tertiary/aromatic N) is 2. The Labute approximate surface area is 84.2 Å². The van der Waals surface area contributed by atoms with Crippen LogP contribution in [-0.4, -0.2) is 9.55 Å². The average Bonchev–Trinajstić information content (AvgIpc) is 2.65. The molecule has 14 heavy (non-hydrogen) atoms. The lowest BCUT2D eigenvalue weighted by atomic mass is 10.1. The van der Waals surface area contributed by atoms with Gasteiger partial charge in [-0.15, -0.1) is 0 Å². The molecule has 2 heteroatoms. The molecule has 0 aliphatic rings. The van der Waals surface area contributed by atoms with Gasteiger partial charge in [-0.05, 0) is 18.1 Å². The molecule has 72 valence electrons. The van der Waals surface area contributed by atoms with Gasteiger partial charge in [0.05, 0.1) is 18.2 Å². The average molecular weight is 186 g/mol. The minimum atomic E-state index is 1.08. The summed E-state index contributed by atoms with van der Waals surface area (Å²) in [7, 11) is 2.01. The minimum absolute atomic E-state index is 1.08. The first-order chi connectivity index (χ1) is 6.81. The zero-order valence-electron chi connectivity index (χ0n) is 8.57. The van der Waals surface area contributed by atoms with Crippen molar-refractivity contribution in [2.24, 2.45) is 7.05 Å². The molecular weight excluding hydrogens is 172 g/mol. The molecule has 1 aromatic heterocycles. The van der Waals surface area contributed by atoms with Gasteiger partial charge >= 0.3 is 0 Å². The van der Waals surface area contributed by atoms with Crippen molar-refractivity contribution in [3.8, 4) is 11.3 Å². The molecular formula is C12H14N2. The molecule has 2 rings (SSSR count). The van der Waals surface area contributed by atoms with E-state index in [2.05, 4.69) is 36.2 Å². The Morgan fingerprint density at radius 3 is 2.86 bits per heavy atom. The van der Waals surface area contributed by atoms with Crippen molar-refractivity contribution in [3.05, 3.63) is 42.4 Å². The zero-order valence-corrected chi connectivity index (χ0v) is 8.57. The molecule has 0 bridgehead atoms. The Kier molecular flexibility index (Phi) is 2.35. The second kappa shape index (κ2) is 3.66. The van der Waals surface area contributed by atoms with Crippen molar-refractivity contribution < 1.29 is 0 Å². The lowest BCUT2D eigenvalue weighted by molar-refractivity contribution is 0.921. The molecule has 1 heterocycles. The Bertz CT molecular complexity index is 429. The van der Waals surface area contributed by atoms with Crippen molar-refractivity contribution in [2.45, 2.75) is 13.3 Å². The molecule has 0 aliphatic carbocycles. The van der Waals surface area contributed by atoms with Gasteiger partial charge in [-0.3, -0.25) is 0 Å². The smallest absolute Gasteiger partial charge is 0.0948 e. The van der Waals surface area contributed by atoms with E-state index in [1.165, 1.54) is 16.8 Å². The maximum atomic E-state index is 4.12. The van der Waals surface area contributed by atoms with E-state index in [9.17, 15) is 0 Å². The Morgan fingerprint density at radius 1 is 1.36 bits per heavy atom. The molecule has 0 fully saturated rings. The fourth-order valence-electron chi connectivity index (χ4n) is 1.59. The van der Waals surface area contributed by atoms with Crippen LogP contribution in [0.2, 0.25) is 0 Å². The molecule has 1 aromatic carbocycles. The summed E-state index contributed by atoms with van der Waals surface area (Å²) in [6.07, 6.45) is 4.80. The molecule has 0 spiro atoms. The SMILES string of the molecule is CCc1cccc(-c2cncn2C)c1. The van der Waals surface area contributed by atoms with E-state index in [0.29, 0.717) is 0 Å². The number of aryl methyl sites for hydroxylation is 2. The molecule has 2 aromatic rings. The summed E-state index contributed by atoms with van der Waals surface area (Å²) in [4.78, 5) is 4.12. The van der Waals surface area contributed by atoms with E-state index in [1.54, 1.807) is 0 Å². The van der Waals surface area contributed by atoms with Crippen molar-refractivity contribution in [2.75, 3.05) is 0 Å². The number of benzene rings is 1. The Hall–Kier alpha value is -1.57. The number of hydrogen-bond donors (Lipinski definition) is 0. The standard InChI is InChI=1S/C12H14N2/c1-3-10-5-4-6-11(7-10)12-8-13-9-14(12)2/h4-9H,3H2,1-2H3. The first-order valence-electron chi connectivity index (χ1n) is 4.87. The van der Waals surface area contributed by atoms with E-state index >= 15 is 0 Å². The summed E-state index contributed by atoms with van der Waals surface area (Å²) in [6.45, 7) is 2.17. The van der Waals surface area contributed by atoms with Crippen LogP contribution in [0.15, 0.2) is 36.8 Å². The third-order valence-electron chi connectivity index (χ3n) is 2.45. The van der Waals surface area contributed by atoms with Crippen LogP contribution in [0.3, 0.4) is 0 Å². The molecule has 0 saturated heterocycles. The van der Waals surface area contributed by atoms with Gasteiger partial charge in [0.1, 0.15) is 0 Å².